The molecule has 0 radical (unpaired) electrons. The zero-order valence-corrected chi connectivity index (χ0v) is 37.3. The largest absolute Gasteiger partial charge is 0.353 e. The van der Waals surface area contributed by atoms with E-state index >= 15 is 0 Å². The Morgan fingerprint density at radius 2 is 0.696 bits per heavy atom. The smallest absolute Gasteiger partial charge is 0.214 e. The molecule has 4 aromatic carbocycles. The number of hydrogen-bond donors (Lipinski definition) is 2. The fraction of sp³-hybridized carbons (Fsp3) is 0.333. The second-order valence-corrected chi connectivity index (χ2v) is 21.5. The molecule has 0 unspecified atom stereocenters. The van der Waals surface area contributed by atoms with E-state index in [-0.39, 0.29) is 33.2 Å². The van der Waals surface area contributed by atoms with Gasteiger partial charge < -0.3 is 9.97 Å². The van der Waals surface area contributed by atoms with Crippen molar-refractivity contribution in [2.24, 2.45) is 0 Å². The van der Waals surface area contributed by atoms with E-state index in [2.05, 4.69) is 161 Å². The van der Waals surface area contributed by atoms with Gasteiger partial charge in [-0.1, -0.05) is 83.1 Å². The molecule has 0 fully saturated rings. The molecule has 0 saturated carbocycles. The maximum atomic E-state index is 15.0. The molecule has 6 nitrogen and oxygen atoms in total. The summed E-state index contributed by atoms with van der Waals surface area (Å²) in [4.78, 5) is 48.1. The Kier molecular flexibility index (Phi) is 7.70. The van der Waals surface area contributed by atoms with Crippen molar-refractivity contribution < 1.29 is 9.59 Å². The molecule has 0 amide bonds. The van der Waals surface area contributed by atoms with Crippen molar-refractivity contribution in [2.75, 3.05) is 0 Å². The van der Waals surface area contributed by atoms with E-state index in [1.54, 1.807) is 0 Å². The Morgan fingerprint density at radius 1 is 0.411 bits per heavy atom. The van der Waals surface area contributed by atoms with Crippen LogP contribution >= 0.6 is 31.9 Å². The number of ketones is 2. The van der Waals surface area contributed by atoms with Gasteiger partial charge in [-0.05, 0) is 124 Å². The zero-order valence-electron chi connectivity index (χ0n) is 34.1. The summed E-state index contributed by atoms with van der Waals surface area (Å²) < 4.78 is 1.70. The van der Waals surface area contributed by atoms with Crippen LogP contribution in [0.3, 0.4) is 0 Å². The number of aromatic nitrogens is 4. The first kappa shape index (κ1) is 37.2. The van der Waals surface area contributed by atoms with E-state index in [1.165, 1.54) is 0 Å². The third-order valence-corrected chi connectivity index (χ3v) is 13.4. The summed E-state index contributed by atoms with van der Waals surface area (Å²) in [7, 11) is 0. The van der Waals surface area contributed by atoms with Crippen LogP contribution in [-0.2, 0) is 21.7 Å². The quantitative estimate of drug-likeness (QED) is 0.159. The molecule has 56 heavy (non-hydrogen) atoms. The van der Waals surface area contributed by atoms with Crippen molar-refractivity contribution >= 4 is 109 Å². The third-order valence-electron chi connectivity index (χ3n) is 11.8. The number of nitrogens with one attached hydrogen (secondary N) is 2. The van der Waals surface area contributed by atoms with Crippen LogP contribution in [0.1, 0.15) is 137 Å². The number of carbonyl (C=O) groups excluding carboxylic acids is 2. The van der Waals surface area contributed by atoms with Crippen molar-refractivity contribution in [1.82, 2.24) is 19.9 Å². The third kappa shape index (κ3) is 5.38. The monoisotopic (exact) mass is 868 g/mol. The summed E-state index contributed by atoms with van der Waals surface area (Å²) in [6.07, 6.45) is 0. The molecule has 7 aromatic rings. The Hall–Kier alpha value is -4.40. The highest BCUT2D eigenvalue weighted by atomic mass is 79.9. The maximum Gasteiger partial charge on any atom is 0.214 e. The van der Waals surface area contributed by atoms with Crippen LogP contribution in [-0.4, -0.2) is 31.5 Å². The van der Waals surface area contributed by atoms with Gasteiger partial charge in [0.15, 0.2) is 0 Å². The summed E-state index contributed by atoms with van der Waals surface area (Å²) in [6.45, 7) is 26.1. The number of rotatable bonds is 0. The van der Waals surface area contributed by atoms with E-state index in [0.29, 0.717) is 33.5 Å². The highest BCUT2D eigenvalue weighted by Crippen LogP contribution is 2.45. The highest BCUT2D eigenvalue weighted by molar-refractivity contribution is 9.11. The molecule has 0 aliphatic carbocycles. The fourth-order valence-corrected chi connectivity index (χ4v) is 9.44. The van der Waals surface area contributed by atoms with Gasteiger partial charge in [0.2, 0.25) is 11.6 Å². The van der Waals surface area contributed by atoms with Gasteiger partial charge in [0, 0.05) is 32.3 Å². The molecule has 0 spiro atoms. The van der Waals surface area contributed by atoms with Gasteiger partial charge in [0.1, 0.15) is 11.4 Å². The summed E-state index contributed by atoms with van der Waals surface area (Å²) >= 11 is 8.08. The van der Waals surface area contributed by atoms with Crippen LogP contribution in [0.2, 0.25) is 0 Å². The van der Waals surface area contributed by atoms with Gasteiger partial charge in [-0.3, -0.25) is 9.59 Å². The van der Waals surface area contributed by atoms with Crippen molar-refractivity contribution in [2.45, 2.75) is 105 Å². The Morgan fingerprint density at radius 3 is 1.02 bits per heavy atom. The van der Waals surface area contributed by atoms with Crippen LogP contribution in [0.25, 0.3) is 65.4 Å². The second-order valence-electron chi connectivity index (χ2n) is 19.9. The van der Waals surface area contributed by atoms with Crippen LogP contribution < -0.4 is 0 Å². The molecule has 284 valence electrons. The number of benzene rings is 4. The number of fused-ring (bicyclic) bond motifs is 8. The van der Waals surface area contributed by atoms with Crippen molar-refractivity contribution in [3.63, 3.8) is 0 Å². The lowest BCUT2D eigenvalue weighted by atomic mass is 9.84. The molecular formula is C48H46Br2N4O2. The minimum Gasteiger partial charge on any atom is -0.353 e. The van der Waals surface area contributed by atoms with Crippen molar-refractivity contribution in [3.8, 4) is 0 Å². The zero-order chi connectivity index (χ0) is 40.3. The van der Waals surface area contributed by atoms with Gasteiger partial charge in [-0.2, -0.15) is 0 Å². The fourth-order valence-electron chi connectivity index (χ4n) is 8.19. The van der Waals surface area contributed by atoms with Gasteiger partial charge >= 0.3 is 0 Å². The summed E-state index contributed by atoms with van der Waals surface area (Å²) in [5.74, 6) is -0.205. The SMILES string of the molecule is CC(C)(C)c1cc2c3nc4c(cc(C(C)(C)C)cc4c4[nH]c5c(cc(C(C)(C)C)cc5c4Br)c4nc5c(cc(C(C)(C)C)cc5c5[nH]c2c(c1)c5Br)C4=O)C3=O. The molecule has 3 aromatic heterocycles. The molecule has 2 N–H and O–H groups in total. The van der Waals surface area contributed by atoms with Crippen LogP contribution in [0, 0.1) is 0 Å². The number of H-pyrrole nitrogens is 2. The van der Waals surface area contributed by atoms with Gasteiger partial charge in [-0.15, -0.1) is 0 Å². The van der Waals surface area contributed by atoms with Gasteiger partial charge in [-0.25, -0.2) is 9.97 Å². The minimum absolute atomic E-state index is 0.103. The predicted molar refractivity (Wildman–Crippen MR) is 239 cm³/mol. The molecular weight excluding hydrogens is 824 g/mol. The van der Waals surface area contributed by atoms with Gasteiger partial charge in [0.05, 0.1) is 53.2 Å². The van der Waals surface area contributed by atoms with Crippen LogP contribution in [0.5, 0.6) is 0 Å². The van der Waals surface area contributed by atoms with Crippen molar-refractivity contribution in [1.29, 1.82) is 0 Å². The van der Waals surface area contributed by atoms with Crippen molar-refractivity contribution in [3.05, 3.63) is 102 Å². The lowest BCUT2D eigenvalue weighted by Crippen LogP contribution is -2.12. The minimum atomic E-state index is -0.257. The normalized spacial score (nSPS) is 14.3. The van der Waals surface area contributed by atoms with E-state index in [4.69, 9.17) is 9.97 Å². The first-order chi connectivity index (χ1) is 25.9. The molecule has 2 aliphatic rings. The molecule has 8 bridgehead atoms. The molecule has 5 heterocycles. The summed E-state index contributed by atoms with van der Waals surface area (Å²) in [5.41, 5.74) is 9.69. The molecule has 2 aliphatic heterocycles. The number of hydrogen-bond acceptors (Lipinski definition) is 4. The number of halogens is 2. The molecule has 0 atom stereocenters. The second kappa shape index (κ2) is 11.6. The summed E-state index contributed by atoms with van der Waals surface area (Å²) in [5, 5.41) is 5.01. The number of aromatic amines is 2. The van der Waals surface area contributed by atoms with E-state index in [1.807, 2.05) is 12.1 Å². The highest BCUT2D eigenvalue weighted by Gasteiger charge is 2.32. The average Bonchev–Trinajstić information content (AvgIpc) is 3.82. The molecule has 8 heteroatoms. The lowest BCUT2D eigenvalue weighted by molar-refractivity contribution is 0.103. The standard InChI is InChI=1S/C48H46Br2N4O2/c1-45(2,3)21-13-25-33(49)39-27-15-23(47(7,8)9)20-32-38(27)54-42(44(32)56)30-18-22(46(4,5)6)14-26-34(50)40(52-36(26)30)28-16-24(48(10,11)12)19-31-37(28)53-41(43(31)55)29(17-21)35(25)51-39/h13-20,51-52H,1-12H3. The molecule has 9 rings (SSSR count). The first-order valence-corrected chi connectivity index (χ1v) is 20.9. The number of nitrogens with zero attached hydrogens (tertiary/aromatic N) is 2. The summed E-state index contributed by atoms with van der Waals surface area (Å²) in [6, 6.07) is 17.0. The van der Waals surface area contributed by atoms with Gasteiger partial charge in [0.25, 0.3) is 0 Å². The predicted octanol–water partition coefficient (Wildman–Crippen LogP) is 13.5. The van der Waals surface area contributed by atoms with E-state index < -0.39 is 0 Å². The Bertz CT molecular complexity index is 2910. The molecule has 0 saturated heterocycles. The van der Waals surface area contributed by atoms with E-state index in [0.717, 1.165) is 85.6 Å². The van der Waals surface area contributed by atoms with Crippen LogP contribution in [0.15, 0.2) is 57.5 Å². The Labute approximate surface area is 343 Å². The van der Waals surface area contributed by atoms with Crippen LogP contribution in [0.4, 0.5) is 0 Å². The lowest BCUT2D eigenvalue weighted by Gasteiger charge is -2.20. The number of carbonyl (C=O) groups is 2. The topological polar surface area (TPSA) is 91.5 Å². The Balaban J connectivity index is 1.63. The first-order valence-electron chi connectivity index (χ1n) is 19.3. The van der Waals surface area contributed by atoms with E-state index in [9.17, 15) is 9.59 Å². The average molecular weight is 871 g/mol. The maximum absolute atomic E-state index is 15.0.